The SMILES string of the molecule is CC(CNC(=O)C(N)CC(N)=O)C(C)(C)C. The number of hydrogen-bond acceptors (Lipinski definition) is 3. The number of carbonyl (C=O) groups excluding carboxylic acids is 2. The zero-order valence-electron chi connectivity index (χ0n) is 10.5. The van der Waals surface area contributed by atoms with Gasteiger partial charge in [-0.25, -0.2) is 0 Å². The van der Waals surface area contributed by atoms with E-state index in [0.717, 1.165) is 0 Å². The maximum absolute atomic E-state index is 11.5. The fourth-order valence-corrected chi connectivity index (χ4v) is 1.00. The Hall–Kier alpha value is -1.10. The molecule has 0 bridgehead atoms. The Morgan fingerprint density at radius 3 is 2.19 bits per heavy atom. The number of amides is 2. The van der Waals surface area contributed by atoms with Gasteiger partial charge in [0.2, 0.25) is 11.8 Å². The van der Waals surface area contributed by atoms with Crippen LogP contribution in [0.25, 0.3) is 0 Å². The van der Waals surface area contributed by atoms with Gasteiger partial charge in [-0.05, 0) is 11.3 Å². The highest BCUT2D eigenvalue weighted by atomic mass is 16.2. The van der Waals surface area contributed by atoms with E-state index >= 15 is 0 Å². The topological polar surface area (TPSA) is 98.2 Å². The third-order valence-corrected chi connectivity index (χ3v) is 2.82. The molecule has 94 valence electrons. The van der Waals surface area contributed by atoms with E-state index in [4.69, 9.17) is 11.5 Å². The Balaban J connectivity index is 4.03. The molecule has 5 heteroatoms. The van der Waals surface area contributed by atoms with Gasteiger partial charge in [0, 0.05) is 6.54 Å². The summed E-state index contributed by atoms with van der Waals surface area (Å²) in [5.74, 6) is -0.557. The minimum absolute atomic E-state index is 0.115. The van der Waals surface area contributed by atoms with Crippen LogP contribution in [0, 0.1) is 11.3 Å². The average Bonchev–Trinajstić information content (AvgIpc) is 2.10. The summed E-state index contributed by atoms with van der Waals surface area (Å²) in [5.41, 5.74) is 10.6. The maximum Gasteiger partial charge on any atom is 0.237 e. The molecule has 2 amide bonds. The molecule has 0 aromatic rings. The van der Waals surface area contributed by atoms with Crippen LogP contribution >= 0.6 is 0 Å². The monoisotopic (exact) mass is 229 g/mol. The first-order chi connectivity index (χ1) is 7.14. The quantitative estimate of drug-likeness (QED) is 0.618. The highest BCUT2D eigenvalue weighted by Gasteiger charge is 2.22. The van der Waals surface area contributed by atoms with Crippen LogP contribution in [0.1, 0.15) is 34.1 Å². The lowest BCUT2D eigenvalue weighted by atomic mass is 9.82. The van der Waals surface area contributed by atoms with Gasteiger partial charge in [-0.2, -0.15) is 0 Å². The predicted molar refractivity (Wildman–Crippen MR) is 63.4 cm³/mol. The molecule has 0 spiro atoms. The standard InChI is InChI=1S/C11H23N3O2/c1-7(11(2,3)4)6-14-10(16)8(12)5-9(13)15/h7-8H,5-6,12H2,1-4H3,(H2,13,15)(H,14,16). The van der Waals surface area contributed by atoms with Gasteiger partial charge in [-0.15, -0.1) is 0 Å². The van der Waals surface area contributed by atoms with Crippen molar-refractivity contribution in [2.45, 2.75) is 40.2 Å². The molecule has 0 aromatic carbocycles. The molecule has 0 saturated heterocycles. The lowest BCUT2D eigenvalue weighted by Gasteiger charge is -2.27. The Morgan fingerprint density at radius 1 is 1.31 bits per heavy atom. The molecule has 0 aliphatic rings. The van der Waals surface area contributed by atoms with Gasteiger partial charge in [0.15, 0.2) is 0 Å². The van der Waals surface area contributed by atoms with Crippen molar-refractivity contribution in [1.82, 2.24) is 5.32 Å². The van der Waals surface area contributed by atoms with Crippen molar-refractivity contribution < 1.29 is 9.59 Å². The lowest BCUT2D eigenvalue weighted by Crippen LogP contribution is -2.45. The van der Waals surface area contributed by atoms with Gasteiger partial charge in [0.05, 0.1) is 12.5 Å². The molecule has 0 fully saturated rings. The average molecular weight is 229 g/mol. The van der Waals surface area contributed by atoms with Crippen molar-refractivity contribution in [2.75, 3.05) is 6.54 Å². The third kappa shape index (κ3) is 5.70. The van der Waals surface area contributed by atoms with Gasteiger partial charge >= 0.3 is 0 Å². The van der Waals surface area contributed by atoms with Crippen LogP contribution in [-0.2, 0) is 9.59 Å². The summed E-state index contributed by atoms with van der Waals surface area (Å²) in [5, 5.41) is 2.72. The van der Waals surface area contributed by atoms with E-state index in [1.54, 1.807) is 0 Å². The molecule has 0 heterocycles. The minimum Gasteiger partial charge on any atom is -0.370 e. The second kappa shape index (κ2) is 5.84. The van der Waals surface area contributed by atoms with E-state index in [1.165, 1.54) is 0 Å². The van der Waals surface area contributed by atoms with E-state index < -0.39 is 11.9 Å². The van der Waals surface area contributed by atoms with E-state index in [0.29, 0.717) is 12.5 Å². The van der Waals surface area contributed by atoms with E-state index in [9.17, 15) is 9.59 Å². The number of rotatable bonds is 5. The van der Waals surface area contributed by atoms with Crippen molar-refractivity contribution in [1.29, 1.82) is 0 Å². The fourth-order valence-electron chi connectivity index (χ4n) is 1.00. The summed E-state index contributed by atoms with van der Waals surface area (Å²) in [6.45, 7) is 8.92. The minimum atomic E-state index is -0.843. The molecular weight excluding hydrogens is 206 g/mol. The van der Waals surface area contributed by atoms with Crippen molar-refractivity contribution in [3.63, 3.8) is 0 Å². The summed E-state index contributed by atoms with van der Waals surface area (Å²) in [7, 11) is 0. The fraction of sp³-hybridized carbons (Fsp3) is 0.818. The molecule has 0 aliphatic heterocycles. The normalized spacial score (nSPS) is 15.3. The van der Waals surface area contributed by atoms with Crippen LogP contribution in [0.4, 0.5) is 0 Å². The second-order valence-corrected chi connectivity index (χ2v) is 5.29. The van der Waals surface area contributed by atoms with Crippen LogP contribution in [0.2, 0.25) is 0 Å². The Labute approximate surface area is 96.9 Å². The largest absolute Gasteiger partial charge is 0.370 e. The Kier molecular flexibility index (Phi) is 5.44. The molecule has 0 aromatic heterocycles. The van der Waals surface area contributed by atoms with Crippen LogP contribution in [0.3, 0.4) is 0 Å². The summed E-state index contributed by atoms with van der Waals surface area (Å²) in [4.78, 5) is 22.0. The number of primary amides is 1. The molecule has 0 aliphatic carbocycles. The predicted octanol–water partition coefficient (Wildman–Crippen LogP) is -0.0125. The van der Waals surface area contributed by atoms with E-state index in [-0.39, 0.29) is 17.7 Å². The third-order valence-electron chi connectivity index (χ3n) is 2.82. The molecular formula is C11H23N3O2. The first kappa shape index (κ1) is 14.9. The second-order valence-electron chi connectivity index (χ2n) is 5.29. The van der Waals surface area contributed by atoms with Gasteiger partial charge in [-0.3, -0.25) is 9.59 Å². The molecule has 16 heavy (non-hydrogen) atoms. The Morgan fingerprint density at radius 2 is 1.81 bits per heavy atom. The summed E-state index contributed by atoms with van der Waals surface area (Å²) >= 11 is 0. The van der Waals surface area contributed by atoms with Crippen molar-refractivity contribution in [2.24, 2.45) is 22.8 Å². The van der Waals surface area contributed by atoms with Gasteiger partial charge in [0.1, 0.15) is 0 Å². The number of nitrogens with one attached hydrogen (secondary N) is 1. The lowest BCUT2D eigenvalue weighted by molar-refractivity contribution is -0.126. The van der Waals surface area contributed by atoms with Crippen molar-refractivity contribution in [3.05, 3.63) is 0 Å². The highest BCUT2D eigenvalue weighted by molar-refractivity contribution is 5.87. The number of hydrogen-bond donors (Lipinski definition) is 3. The molecule has 2 atom stereocenters. The summed E-state index contributed by atoms with van der Waals surface area (Å²) < 4.78 is 0. The molecule has 2 unspecified atom stereocenters. The van der Waals surface area contributed by atoms with Gasteiger partial charge < -0.3 is 16.8 Å². The first-order valence-corrected chi connectivity index (χ1v) is 5.46. The van der Waals surface area contributed by atoms with E-state index in [2.05, 4.69) is 33.0 Å². The molecule has 0 radical (unpaired) electrons. The van der Waals surface area contributed by atoms with Crippen LogP contribution in [-0.4, -0.2) is 24.4 Å². The van der Waals surface area contributed by atoms with Crippen molar-refractivity contribution >= 4 is 11.8 Å². The number of carbonyl (C=O) groups is 2. The van der Waals surface area contributed by atoms with Gasteiger partial charge in [0.25, 0.3) is 0 Å². The molecule has 0 rings (SSSR count). The molecule has 5 N–H and O–H groups in total. The van der Waals surface area contributed by atoms with Gasteiger partial charge in [-0.1, -0.05) is 27.7 Å². The summed E-state index contributed by atoms with van der Waals surface area (Å²) in [6.07, 6.45) is -0.115. The van der Waals surface area contributed by atoms with Crippen LogP contribution in [0.5, 0.6) is 0 Å². The number of nitrogens with two attached hydrogens (primary N) is 2. The van der Waals surface area contributed by atoms with Crippen LogP contribution in [0.15, 0.2) is 0 Å². The van der Waals surface area contributed by atoms with Crippen molar-refractivity contribution in [3.8, 4) is 0 Å². The molecule has 0 saturated carbocycles. The maximum atomic E-state index is 11.5. The Bertz CT molecular complexity index is 258. The smallest absolute Gasteiger partial charge is 0.237 e. The highest BCUT2D eigenvalue weighted by Crippen LogP contribution is 2.24. The summed E-state index contributed by atoms with van der Waals surface area (Å²) in [6, 6.07) is -0.843. The zero-order valence-corrected chi connectivity index (χ0v) is 10.5. The van der Waals surface area contributed by atoms with Crippen LogP contribution < -0.4 is 16.8 Å². The first-order valence-electron chi connectivity index (χ1n) is 5.46. The van der Waals surface area contributed by atoms with E-state index in [1.807, 2.05) is 0 Å². The zero-order chi connectivity index (χ0) is 12.9. The molecule has 5 nitrogen and oxygen atoms in total.